The molecule has 0 aliphatic carbocycles. The van der Waals surface area contributed by atoms with Crippen molar-refractivity contribution in [2.24, 2.45) is 0 Å². The summed E-state index contributed by atoms with van der Waals surface area (Å²) in [4.78, 5) is 26.7. The fourth-order valence-corrected chi connectivity index (χ4v) is 4.61. The van der Waals surface area contributed by atoms with E-state index in [1.165, 1.54) is 12.1 Å². The number of carboxylic acids is 1. The van der Waals surface area contributed by atoms with Gasteiger partial charge < -0.3 is 15.3 Å². The van der Waals surface area contributed by atoms with Gasteiger partial charge in [0.15, 0.2) is 0 Å². The van der Waals surface area contributed by atoms with Crippen molar-refractivity contribution in [3.63, 3.8) is 0 Å². The number of rotatable bonds is 8. The molecule has 0 bridgehead atoms. The molecule has 32 heavy (non-hydrogen) atoms. The van der Waals surface area contributed by atoms with Crippen LogP contribution in [0.2, 0.25) is 0 Å². The second-order valence-corrected chi connectivity index (χ2v) is 9.70. The number of amides is 1. The van der Waals surface area contributed by atoms with Crippen LogP contribution >= 0.6 is 0 Å². The number of anilines is 2. The Morgan fingerprint density at radius 1 is 1.06 bits per heavy atom. The monoisotopic (exact) mass is 459 g/mol. The number of carbonyl (C=O) groups excluding carboxylic acids is 1. The number of sulfonamides is 1. The van der Waals surface area contributed by atoms with Gasteiger partial charge in [-0.15, -0.1) is 0 Å². The third kappa shape index (κ3) is 5.79. The van der Waals surface area contributed by atoms with Crippen molar-refractivity contribution in [1.29, 1.82) is 0 Å². The number of nitrogens with zero attached hydrogens (tertiary/aromatic N) is 1. The van der Waals surface area contributed by atoms with E-state index in [9.17, 15) is 23.1 Å². The number of carbonyl (C=O) groups is 2. The number of benzene rings is 2. The Kier molecular flexibility index (Phi) is 7.40. The number of nitrogens with one attached hydrogen (secondary N) is 2. The highest BCUT2D eigenvalue weighted by Crippen LogP contribution is 2.36. The van der Waals surface area contributed by atoms with Crippen LogP contribution < -0.4 is 14.9 Å². The Morgan fingerprint density at radius 3 is 2.28 bits per heavy atom. The molecule has 2 aromatic carbocycles. The van der Waals surface area contributed by atoms with E-state index in [-0.39, 0.29) is 11.5 Å². The second kappa shape index (κ2) is 10.0. The molecule has 1 heterocycles. The molecule has 0 aromatic heterocycles. The van der Waals surface area contributed by atoms with Crippen molar-refractivity contribution < 1.29 is 23.1 Å². The summed E-state index contributed by atoms with van der Waals surface area (Å²) in [6.07, 6.45) is 4.32. The van der Waals surface area contributed by atoms with Crippen molar-refractivity contribution in [3.05, 3.63) is 59.2 Å². The van der Waals surface area contributed by atoms with Gasteiger partial charge in [0.2, 0.25) is 15.9 Å². The largest absolute Gasteiger partial charge is 0.478 e. The van der Waals surface area contributed by atoms with E-state index < -0.39 is 21.9 Å². The summed E-state index contributed by atoms with van der Waals surface area (Å²) in [6.45, 7) is 3.97. The van der Waals surface area contributed by atoms with Gasteiger partial charge in [0, 0.05) is 31.0 Å². The lowest BCUT2D eigenvalue weighted by Gasteiger charge is -2.33. The number of carboxylic acid groups (broad SMARTS) is 1. The van der Waals surface area contributed by atoms with Crippen LogP contribution in [0.4, 0.5) is 11.4 Å². The molecule has 1 aliphatic heterocycles. The third-order valence-corrected chi connectivity index (χ3v) is 6.05. The van der Waals surface area contributed by atoms with Crippen molar-refractivity contribution in [3.8, 4) is 0 Å². The molecule has 1 atom stereocenters. The first-order valence-electron chi connectivity index (χ1n) is 10.7. The number of piperidine rings is 1. The number of likely N-dealkylation sites (N-methyl/N-ethyl adjacent to an activating group) is 1. The van der Waals surface area contributed by atoms with Crippen LogP contribution in [-0.4, -0.2) is 51.3 Å². The molecule has 2 aromatic rings. The minimum Gasteiger partial charge on any atom is -0.478 e. The highest BCUT2D eigenvalue weighted by Gasteiger charge is 2.28. The maximum Gasteiger partial charge on any atom is 0.335 e. The zero-order valence-corrected chi connectivity index (χ0v) is 19.1. The van der Waals surface area contributed by atoms with Crippen LogP contribution in [0.1, 0.15) is 53.6 Å². The van der Waals surface area contributed by atoms with Gasteiger partial charge >= 0.3 is 5.97 Å². The molecule has 0 saturated carbocycles. The first-order chi connectivity index (χ1) is 15.2. The lowest BCUT2D eigenvalue weighted by Crippen LogP contribution is -2.34. The summed E-state index contributed by atoms with van der Waals surface area (Å²) in [5, 5.41) is 12.1. The van der Waals surface area contributed by atoms with Crippen LogP contribution in [0.25, 0.3) is 0 Å². The zero-order valence-electron chi connectivity index (χ0n) is 18.3. The normalized spacial score (nSPS) is 15.1. The van der Waals surface area contributed by atoms with Crippen LogP contribution in [-0.2, 0) is 14.8 Å². The van der Waals surface area contributed by atoms with Crippen LogP contribution in [0.5, 0.6) is 0 Å². The maximum atomic E-state index is 13.2. The minimum absolute atomic E-state index is 0.132. The van der Waals surface area contributed by atoms with Crippen molar-refractivity contribution in [2.45, 2.75) is 32.1 Å². The van der Waals surface area contributed by atoms with Crippen LogP contribution in [0.3, 0.4) is 0 Å². The minimum atomic E-state index is -3.50. The number of aromatic carboxylic acids is 1. The Bertz CT molecular complexity index is 1080. The fraction of sp³-hybridized carbons (Fsp3) is 0.391. The molecular weight excluding hydrogens is 430 g/mol. The Balaban J connectivity index is 2.15. The smallest absolute Gasteiger partial charge is 0.335 e. The molecule has 1 unspecified atom stereocenters. The number of hydrogen-bond donors (Lipinski definition) is 3. The standard InChI is InChI=1S/C23H29N3O5S/c1-3-24-22(27)21(16-7-9-17(10-8-16)23(28)29)19-15-18(25-32(2,30)31)11-12-20(19)26-13-5-4-6-14-26/h7-12,15,21,25H,3-6,13-14H2,1-2H3,(H,24,27)(H,28,29). The van der Waals surface area contributed by atoms with Crippen molar-refractivity contribution in [2.75, 3.05) is 35.5 Å². The molecule has 0 radical (unpaired) electrons. The molecule has 3 rings (SSSR count). The van der Waals surface area contributed by atoms with Crippen molar-refractivity contribution in [1.82, 2.24) is 5.32 Å². The molecule has 9 heteroatoms. The first kappa shape index (κ1) is 23.6. The molecule has 0 spiro atoms. The third-order valence-electron chi connectivity index (χ3n) is 5.44. The summed E-state index contributed by atoms with van der Waals surface area (Å²) in [5.74, 6) is -2.00. The summed E-state index contributed by atoms with van der Waals surface area (Å²) in [6, 6.07) is 11.5. The van der Waals surface area contributed by atoms with Gasteiger partial charge in [-0.05, 0) is 67.6 Å². The van der Waals surface area contributed by atoms with Gasteiger partial charge in [-0.1, -0.05) is 12.1 Å². The van der Waals surface area contributed by atoms with E-state index in [2.05, 4.69) is 14.9 Å². The lowest BCUT2D eigenvalue weighted by molar-refractivity contribution is -0.121. The van der Waals surface area contributed by atoms with E-state index in [1.807, 2.05) is 13.0 Å². The van der Waals surface area contributed by atoms with Gasteiger partial charge in [0.25, 0.3) is 0 Å². The topological polar surface area (TPSA) is 116 Å². The van der Waals surface area contributed by atoms with E-state index >= 15 is 0 Å². The van der Waals surface area contributed by atoms with E-state index in [1.54, 1.807) is 24.3 Å². The molecule has 3 N–H and O–H groups in total. The average Bonchev–Trinajstić information content (AvgIpc) is 2.74. The van der Waals surface area contributed by atoms with E-state index in [0.717, 1.165) is 44.3 Å². The Morgan fingerprint density at radius 2 is 1.72 bits per heavy atom. The number of hydrogen-bond acceptors (Lipinski definition) is 5. The quantitative estimate of drug-likeness (QED) is 0.559. The highest BCUT2D eigenvalue weighted by molar-refractivity contribution is 7.92. The second-order valence-electron chi connectivity index (χ2n) is 7.95. The van der Waals surface area contributed by atoms with Gasteiger partial charge in [-0.3, -0.25) is 9.52 Å². The summed E-state index contributed by atoms with van der Waals surface area (Å²) >= 11 is 0. The molecule has 1 saturated heterocycles. The Hall–Kier alpha value is -3.07. The SMILES string of the molecule is CCNC(=O)C(c1ccc(C(=O)O)cc1)c1cc(NS(C)(=O)=O)ccc1N1CCCCC1. The van der Waals surface area contributed by atoms with Crippen LogP contribution in [0.15, 0.2) is 42.5 Å². The molecule has 172 valence electrons. The Labute approximate surface area is 188 Å². The predicted octanol–water partition coefficient (Wildman–Crippen LogP) is 3.01. The molecule has 1 amide bonds. The van der Waals surface area contributed by atoms with E-state index in [4.69, 9.17) is 0 Å². The summed E-state index contributed by atoms with van der Waals surface area (Å²) < 4.78 is 26.1. The van der Waals surface area contributed by atoms with E-state index in [0.29, 0.717) is 23.4 Å². The summed E-state index contributed by atoms with van der Waals surface area (Å²) in [7, 11) is -3.50. The lowest BCUT2D eigenvalue weighted by atomic mass is 9.87. The van der Waals surface area contributed by atoms with Crippen LogP contribution in [0, 0.1) is 0 Å². The molecule has 1 fully saturated rings. The zero-order chi connectivity index (χ0) is 23.3. The maximum absolute atomic E-state index is 13.2. The van der Waals surface area contributed by atoms with Gasteiger partial charge in [0.05, 0.1) is 17.7 Å². The molecular formula is C23H29N3O5S. The van der Waals surface area contributed by atoms with Gasteiger partial charge in [-0.25, -0.2) is 13.2 Å². The summed E-state index contributed by atoms with van der Waals surface area (Å²) in [5.41, 5.74) is 2.69. The van der Waals surface area contributed by atoms with Crippen molar-refractivity contribution >= 4 is 33.3 Å². The van der Waals surface area contributed by atoms with Gasteiger partial charge in [0.1, 0.15) is 0 Å². The molecule has 8 nitrogen and oxygen atoms in total. The first-order valence-corrected chi connectivity index (χ1v) is 12.6. The van der Waals surface area contributed by atoms with Gasteiger partial charge in [-0.2, -0.15) is 0 Å². The fourth-order valence-electron chi connectivity index (χ4n) is 4.05. The highest BCUT2D eigenvalue weighted by atomic mass is 32.2. The molecule has 1 aliphatic rings. The average molecular weight is 460 g/mol. The predicted molar refractivity (Wildman–Crippen MR) is 125 cm³/mol.